The Bertz CT molecular complexity index is 466. The maximum Gasteiger partial charge on any atom is 0.249 e. The molecule has 2 rings (SSSR count). The van der Waals surface area contributed by atoms with Gasteiger partial charge in [-0.15, -0.1) is 0 Å². The second-order valence-electron chi connectivity index (χ2n) is 3.89. The van der Waals surface area contributed by atoms with Gasteiger partial charge < -0.3 is 11.5 Å². The van der Waals surface area contributed by atoms with Crippen molar-refractivity contribution >= 4 is 11.8 Å². The van der Waals surface area contributed by atoms with Gasteiger partial charge in [-0.05, 0) is 29.5 Å². The van der Waals surface area contributed by atoms with Gasteiger partial charge in [0.2, 0.25) is 11.8 Å². The molecule has 4 nitrogen and oxygen atoms in total. The van der Waals surface area contributed by atoms with Crippen molar-refractivity contribution in [1.29, 1.82) is 0 Å². The van der Waals surface area contributed by atoms with E-state index < -0.39 is 11.8 Å². The minimum atomic E-state index is -0.507. The molecule has 1 atom stereocenters. The van der Waals surface area contributed by atoms with Crippen LogP contribution in [0.3, 0.4) is 0 Å². The van der Waals surface area contributed by atoms with Gasteiger partial charge in [-0.25, -0.2) is 0 Å². The molecule has 0 aromatic heterocycles. The average Bonchev–Trinajstić information content (AvgIpc) is 2.36. The van der Waals surface area contributed by atoms with E-state index in [9.17, 15) is 9.59 Å². The molecular formula is C11H12N2O2. The molecular weight excluding hydrogens is 192 g/mol. The molecule has 1 aromatic rings. The summed E-state index contributed by atoms with van der Waals surface area (Å²) in [6.07, 6.45) is 0.751. The molecule has 1 aliphatic rings. The van der Waals surface area contributed by atoms with Crippen LogP contribution in [0.4, 0.5) is 0 Å². The summed E-state index contributed by atoms with van der Waals surface area (Å²) in [4.78, 5) is 22.5. The lowest BCUT2D eigenvalue weighted by Crippen LogP contribution is -2.19. The second kappa shape index (κ2) is 3.08. The van der Waals surface area contributed by atoms with Gasteiger partial charge in [0.1, 0.15) is 0 Å². The van der Waals surface area contributed by atoms with Crippen LogP contribution in [-0.2, 0) is 6.42 Å². The Balaban J connectivity index is 2.72. The van der Waals surface area contributed by atoms with Crippen LogP contribution in [-0.4, -0.2) is 11.8 Å². The van der Waals surface area contributed by atoms with Crippen molar-refractivity contribution < 1.29 is 9.59 Å². The van der Waals surface area contributed by atoms with E-state index in [1.54, 1.807) is 12.1 Å². The summed E-state index contributed by atoms with van der Waals surface area (Å²) in [6, 6.07) is 3.43. The number of carbonyl (C=O) groups is 2. The summed E-state index contributed by atoms with van der Waals surface area (Å²) >= 11 is 0. The number of carbonyl (C=O) groups excluding carboxylic acids is 2. The molecule has 78 valence electrons. The zero-order valence-electron chi connectivity index (χ0n) is 8.41. The number of nitrogens with two attached hydrogens (primary N) is 2. The first kappa shape index (κ1) is 9.71. The van der Waals surface area contributed by atoms with Crippen LogP contribution in [0.1, 0.15) is 44.7 Å². The molecule has 1 aliphatic carbocycles. The molecule has 0 spiro atoms. The molecule has 0 saturated carbocycles. The van der Waals surface area contributed by atoms with Crippen molar-refractivity contribution in [3.63, 3.8) is 0 Å². The van der Waals surface area contributed by atoms with E-state index in [1.165, 1.54) is 0 Å². The molecule has 0 heterocycles. The van der Waals surface area contributed by atoms with Gasteiger partial charge in [0.05, 0.1) is 0 Å². The van der Waals surface area contributed by atoms with Crippen molar-refractivity contribution in [1.82, 2.24) is 0 Å². The summed E-state index contributed by atoms with van der Waals surface area (Å²) in [7, 11) is 0. The van der Waals surface area contributed by atoms with Crippen molar-refractivity contribution in [2.45, 2.75) is 19.3 Å². The number of amides is 2. The first-order chi connectivity index (χ1) is 7.02. The standard InChI is InChI=1S/C11H12N2O2/c1-5-4-6-2-3-7(10(12)14)8(5)9(6)11(13)15/h2-3,5H,4H2,1H3,(H2,12,14)(H2,13,15). The summed E-state index contributed by atoms with van der Waals surface area (Å²) in [5, 5.41) is 0. The summed E-state index contributed by atoms with van der Waals surface area (Å²) in [6.45, 7) is 1.96. The molecule has 0 aliphatic heterocycles. The predicted molar refractivity (Wildman–Crippen MR) is 55.6 cm³/mol. The number of hydrogen-bond donors (Lipinski definition) is 2. The number of rotatable bonds is 2. The zero-order chi connectivity index (χ0) is 11.2. The summed E-state index contributed by atoms with van der Waals surface area (Å²) in [5.41, 5.74) is 13.1. The number of primary amides is 2. The molecule has 1 unspecified atom stereocenters. The lowest BCUT2D eigenvalue weighted by atomic mass is 9.97. The highest BCUT2D eigenvalue weighted by atomic mass is 16.1. The summed E-state index contributed by atoms with van der Waals surface area (Å²) in [5.74, 6) is -0.847. The van der Waals surface area contributed by atoms with Crippen LogP contribution in [0.2, 0.25) is 0 Å². The van der Waals surface area contributed by atoms with E-state index in [0.717, 1.165) is 12.0 Å². The molecule has 4 N–H and O–H groups in total. The van der Waals surface area contributed by atoms with E-state index in [4.69, 9.17) is 11.5 Å². The van der Waals surface area contributed by atoms with Crippen LogP contribution in [0.5, 0.6) is 0 Å². The van der Waals surface area contributed by atoms with Crippen LogP contribution in [0.25, 0.3) is 0 Å². The van der Waals surface area contributed by atoms with Crippen molar-refractivity contribution in [2.24, 2.45) is 11.5 Å². The molecule has 0 radical (unpaired) electrons. The third kappa shape index (κ3) is 1.29. The fourth-order valence-electron chi connectivity index (χ4n) is 2.28. The van der Waals surface area contributed by atoms with Gasteiger partial charge in [0.15, 0.2) is 0 Å². The van der Waals surface area contributed by atoms with E-state index in [-0.39, 0.29) is 5.92 Å². The Labute approximate surface area is 87.3 Å². The summed E-state index contributed by atoms with van der Waals surface area (Å²) < 4.78 is 0. The minimum absolute atomic E-state index is 0.139. The van der Waals surface area contributed by atoms with Crippen LogP contribution in [0.15, 0.2) is 12.1 Å². The van der Waals surface area contributed by atoms with E-state index >= 15 is 0 Å². The lowest BCUT2D eigenvalue weighted by molar-refractivity contribution is 0.0998. The Morgan fingerprint density at radius 2 is 1.93 bits per heavy atom. The normalized spacial score (nSPS) is 17.8. The topological polar surface area (TPSA) is 86.2 Å². The van der Waals surface area contributed by atoms with Gasteiger partial charge >= 0.3 is 0 Å². The highest BCUT2D eigenvalue weighted by molar-refractivity contribution is 6.03. The van der Waals surface area contributed by atoms with Crippen molar-refractivity contribution in [2.75, 3.05) is 0 Å². The lowest BCUT2D eigenvalue weighted by Gasteiger charge is -2.08. The van der Waals surface area contributed by atoms with Crippen LogP contribution >= 0.6 is 0 Å². The predicted octanol–water partition coefficient (Wildman–Crippen LogP) is 0.544. The SMILES string of the molecule is CC1Cc2ccc(C(N)=O)c1c2C(N)=O. The molecule has 0 saturated heterocycles. The van der Waals surface area contributed by atoms with Gasteiger partial charge in [-0.1, -0.05) is 13.0 Å². The zero-order valence-corrected chi connectivity index (χ0v) is 8.41. The smallest absolute Gasteiger partial charge is 0.249 e. The van der Waals surface area contributed by atoms with Gasteiger partial charge in [-0.3, -0.25) is 9.59 Å². The number of hydrogen-bond acceptors (Lipinski definition) is 2. The molecule has 0 fully saturated rings. The van der Waals surface area contributed by atoms with Crippen molar-refractivity contribution in [3.8, 4) is 0 Å². The van der Waals surface area contributed by atoms with Gasteiger partial charge in [0.25, 0.3) is 0 Å². The quantitative estimate of drug-likeness (QED) is 0.736. The third-order valence-electron chi connectivity index (χ3n) is 2.86. The van der Waals surface area contributed by atoms with Gasteiger partial charge in [-0.2, -0.15) is 0 Å². The van der Waals surface area contributed by atoms with E-state index in [1.807, 2.05) is 6.92 Å². The number of fused-ring (bicyclic) bond motifs is 2. The van der Waals surface area contributed by atoms with Gasteiger partial charge in [0, 0.05) is 11.1 Å². The number of benzene rings is 1. The third-order valence-corrected chi connectivity index (χ3v) is 2.86. The minimum Gasteiger partial charge on any atom is -0.366 e. The Morgan fingerprint density at radius 1 is 1.27 bits per heavy atom. The van der Waals surface area contributed by atoms with E-state index in [0.29, 0.717) is 16.7 Å². The fraction of sp³-hybridized carbons (Fsp3) is 0.273. The largest absolute Gasteiger partial charge is 0.366 e. The highest BCUT2D eigenvalue weighted by Crippen LogP contribution is 2.36. The Kier molecular flexibility index (Phi) is 2.00. The van der Waals surface area contributed by atoms with E-state index in [2.05, 4.69) is 0 Å². The maximum absolute atomic E-state index is 11.3. The first-order valence-electron chi connectivity index (χ1n) is 4.77. The molecule has 4 heteroatoms. The Morgan fingerprint density at radius 3 is 2.47 bits per heavy atom. The molecule has 1 aromatic carbocycles. The van der Waals surface area contributed by atoms with Crippen LogP contribution in [0, 0.1) is 0 Å². The highest BCUT2D eigenvalue weighted by Gasteiger charge is 2.30. The molecule has 2 bridgehead atoms. The van der Waals surface area contributed by atoms with Crippen LogP contribution < -0.4 is 11.5 Å². The van der Waals surface area contributed by atoms with Crippen molar-refractivity contribution in [3.05, 3.63) is 34.4 Å². The molecule has 15 heavy (non-hydrogen) atoms. The fourth-order valence-corrected chi connectivity index (χ4v) is 2.28. The first-order valence-corrected chi connectivity index (χ1v) is 4.77. The molecule has 2 amide bonds. The average molecular weight is 204 g/mol. The maximum atomic E-state index is 11.3. The second-order valence-corrected chi connectivity index (χ2v) is 3.89. The monoisotopic (exact) mass is 204 g/mol. The Hall–Kier alpha value is -1.84.